The lowest BCUT2D eigenvalue weighted by atomic mass is 10.0. The summed E-state index contributed by atoms with van der Waals surface area (Å²) in [7, 11) is -1.61. The van der Waals surface area contributed by atoms with Crippen molar-refractivity contribution >= 4 is 39.8 Å². The van der Waals surface area contributed by atoms with E-state index >= 15 is 0 Å². The molecular weight excluding hydrogens is 461 g/mol. The van der Waals surface area contributed by atoms with Gasteiger partial charge in [0.1, 0.15) is 0 Å². The predicted molar refractivity (Wildman–Crippen MR) is 121 cm³/mol. The van der Waals surface area contributed by atoms with E-state index in [1.165, 1.54) is 0 Å². The minimum atomic E-state index is -3.32. The van der Waals surface area contributed by atoms with Crippen LogP contribution in [0.4, 0.5) is 0 Å². The van der Waals surface area contributed by atoms with Crippen LogP contribution in [-0.2, 0) is 9.84 Å². The number of hydrogen-bond acceptors (Lipinski definition) is 3. The van der Waals surface area contributed by atoms with Crippen LogP contribution in [0.3, 0.4) is 0 Å². The van der Waals surface area contributed by atoms with E-state index in [0.29, 0.717) is 23.2 Å². The molecule has 0 bridgehead atoms. The van der Waals surface area contributed by atoms with Gasteiger partial charge in [-0.1, -0.05) is 39.0 Å². The average Bonchev–Trinajstić information content (AvgIpc) is 2.59. The van der Waals surface area contributed by atoms with Crippen molar-refractivity contribution in [1.82, 2.24) is 10.6 Å². The summed E-state index contributed by atoms with van der Waals surface area (Å²) in [5, 5.41) is 6.61. The van der Waals surface area contributed by atoms with Crippen LogP contribution < -0.4 is 10.6 Å². The zero-order valence-corrected chi connectivity index (χ0v) is 19.7. The van der Waals surface area contributed by atoms with Crippen LogP contribution in [0.15, 0.2) is 40.2 Å². The van der Waals surface area contributed by atoms with E-state index in [-0.39, 0.29) is 41.8 Å². The van der Waals surface area contributed by atoms with Crippen LogP contribution in [0.1, 0.15) is 47.0 Å². The lowest BCUT2D eigenvalue weighted by Gasteiger charge is -2.23. The van der Waals surface area contributed by atoms with Gasteiger partial charge in [0.05, 0.1) is 10.6 Å². The van der Waals surface area contributed by atoms with Crippen LogP contribution >= 0.6 is 24.0 Å². The number of aliphatic imine (C=N–C) groups is 1. The summed E-state index contributed by atoms with van der Waals surface area (Å²) in [6, 6.07) is 8.70. The molecule has 2 N–H and O–H groups in total. The number of benzene rings is 1. The van der Waals surface area contributed by atoms with Crippen LogP contribution in [0, 0.1) is 5.92 Å². The third kappa shape index (κ3) is 9.21. The van der Waals surface area contributed by atoms with E-state index in [1.54, 1.807) is 31.3 Å². The Morgan fingerprint density at radius 2 is 1.69 bits per heavy atom. The molecule has 0 saturated heterocycles. The van der Waals surface area contributed by atoms with Crippen molar-refractivity contribution in [1.29, 1.82) is 0 Å². The summed E-state index contributed by atoms with van der Waals surface area (Å²) in [5.41, 5.74) is 0. The monoisotopic (exact) mass is 495 g/mol. The average molecular weight is 495 g/mol. The molecule has 0 aliphatic carbocycles. The lowest BCUT2D eigenvalue weighted by Crippen LogP contribution is -2.48. The SMILES string of the molecule is CCC(CS(=O)(=O)c1ccccc1)NC(=NC)NC(C)CCC(C)C.I. The molecule has 0 radical (unpaired) electrons. The molecule has 26 heavy (non-hydrogen) atoms. The Kier molecular flexibility index (Phi) is 12.1. The van der Waals surface area contributed by atoms with Gasteiger partial charge in [-0.3, -0.25) is 4.99 Å². The molecule has 5 nitrogen and oxygen atoms in total. The van der Waals surface area contributed by atoms with Crippen molar-refractivity contribution in [3.63, 3.8) is 0 Å². The van der Waals surface area contributed by atoms with Gasteiger partial charge in [-0.05, 0) is 44.2 Å². The van der Waals surface area contributed by atoms with Gasteiger partial charge in [0.15, 0.2) is 15.8 Å². The summed E-state index contributed by atoms with van der Waals surface area (Å²) in [6.07, 6.45) is 2.90. The molecule has 7 heteroatoms. The molecule has 2 unspecified atom stereocenters. The molecule has 0 fully saturated rings. The minimum absolute atomic E-state index is 0. The number of rotatable bonds is 9. The fourth-order valence-electron chi connectivity index (χ4n) is 2.50. The maximum absolute atomic E-state index is 12.6. The topological polar surface area (TPSA) is 70.6 Å². The fourth-order valence-corrected chi connectivity index (χ4v) is 4.12. The summed E-state index contributed by atoms with van der Waals surface area (Å²) in [5.74, 6) is 1.37. The molecule has 2 atom stereocenters. The molecule has 0 aliphatic heterocycles. The maximum Gasteiger partial charge on any atom is 0.191 e. The van der Waals surface area contributed by atoms with Crippen molar-refractivity contribution < 1.29 is 8.42 Å². The first-order valence-corrected chi connectivity index (χ1v) is 10.7. The van der Waals surface area contributed by atoms with Crippen molar-refractivity contribution in [2.24, 2.45) is 10.9 Å². The van der Waals surface area contributed by atoms with Crippen LogP contribution in [0.5, 0.6) is 0 Å². The smallest absolute Gasteiger partial charge is 0.191 e. The highest BCUT2D eigenvalue weighted by Gasteiger charge is 2.21. The van der Waals surface area contributed by atoms with E-state index < -0.39 is 9.84 Å². The predicted octanol–water partition coefficient (Wildman–Crippen LogP) is 3.85. The third-order valence-electron chi connectivity index (χ3n) is 4.14. The second-order valence-electron chi connectivity index (χ2n) is 6.93. The van der Waals surface area contributed by atoms with Gasteiger partial charge in [-0.15, -0.1) is 24.0 Å². The van der Waals surface area contributed by atoms with E-state index in [9.17, 15) is 8.42 Å². The maximum atomic E-state index is 12.6. The Balaban J connectivity index is 0.00000625. The Morgan fingerprint density at radius 1 is 1.08 bits per heavy atom. The third-order valence-corrected chi connectivity index (χ3v) is 5.97. The molecule has 0 aliphatic rings. The number of hydrogen-bond donors (Lipinski definition) is 2. The van der Waals surface area contributed by atoms with Gasteiger partial charge in [0, 0.05) is 19.1 Å². The first-order valence-electron chi connectivity index (χ1n) is 9.06. The summed E-state index contributed by atoms with van der Waals surface area (Å²) in [4.78, 5) is 4.61. The largest absolute Gasteiger partial charge is 0.354 e. The zero-order chi connectivity index (χ0) is 18.9. The van der Waals surface area contributed by atoms with E-state index in [2.05, 4.69) is 36.4 Å². The summed E-state index contributed by atoms with van der Waals surface area (Å²) < 4.78 is 25.1. The lowest BCUT2D eigenvalue weighted by molar-refractivity contribution is 0.485. The first-order chi connectivity index (χ1) is 11.8. The highest BCUT2D eigenvalue weighted by atomic mass is 127. The van der Waals surface area contributed by atoms with Gasteiger partial charge < -0.3 is 10.6 Å². The van der Waals surface area contributed by atoms with Gasteiger partial charge in [-0.25, -0.2) is 8.42 Å². The molecular formula is C19H34IN3O2S. The van der Waals surface area contributed by atoms with Crippen molar-refractivity contribution in [3.8, 4) is 0 Å². The molecule has 0 saturated carbocycles. The quantitative estimate of drug-likeness (QED) is 0.310. The minimum Gasteiger partial charge on any atom is -0.354 e. The Bertz CT molecular complexity index is 633. The Hall–Kier alpha value is -0.830. The zero-order valence-electron chi connectivity index (χ0n) is 16.5. The van der Waals surface area contributed by atoms with Crippen LogP contribution in [0.25, 0.3) is 0 Å². The van der Waals surface area contributed by atoms with Crippen LogP contribution in [-0.4, -0.2) is 39.3 Å². The van der Waals surface area contributed by atoms with Crippen molar-refractivity contribution in [2.75, 3.05) is 12.8 Å². The second-order valence-corrected chi connectivity index (χ2v) is 8.97. The number of nitrogens with one attached hydrogen (secondary N) is 2. The van der Waals surface area contributed by atoms with Gasteiger partial charge >= 0.3 is 0 Å². The van der Waals surface area contributed by atoms with E-state index in [1.807, 2.05) is 13.0 Å². The Morgan fingerprint density at radius 3 is 2.19 bits per heavy atom. The summed E-state index contributed by atoms with van der Waals surface area (Å²) >= 11 is 0. The van der Waals surface area contributed by atoms with Crippen molar-refractivity contribution in [2.45, 2.75) is 63.9 Å². The van der Waals surface area contributed by atoms with Gasteiger partial charge in [0.25, 0.3) is 0 Å². The molecule has 0 heterocycles. The highest BCUT2D eigenvalue weighted by molar-refractivity contribution is 14.0. The van der Waals surface area contributed by atoms with Crippen molar-refractivity contribution in [3.05, 3.63) is 30.3 Å². The second kappa shape index (κ2) is 12.5. The number of sulfone groups is 1. The van der Waals surface area contributed by atoms with E-state index in [4.69, 9.17) is 0 Å². The molecule has 1 rings (SSSR count). The molecule has 150 valence electrons. The molecule has 1 aromatic carbocycles. The fraction of sp³-hybridized carbons (Fsp3) is 0.632. The standard InChI is InChI=1S/C19H33N3O2S.HI/c1-6-17(14-25(23,24)18-10-8-7-9-11-18)22-19(20-5)21-16(4)13-12-15(2)3;/h7-11,15-17H,6,12-14H2,1-5H3,(H2,20,21,22);1H. The molecule has 0 aromatic heterocycles. The number of nitrogens with zero attached hydrogens (tertiary/aromatic N) is 1. The summed E-state index contributed by atoms with van der Waals surface area (Å²) in [6.45, 7) is 8.52. The molecule has 0 amide bonds. The number of halogens is 1. The van der Waals surface area contributed by atoms with E-state index in [0.717, 1.165) is 12.8 Å². The molecule has 0 spiro atoms. The molecule has 1 aromatic rings. The first kappa shape index (κ1) is 25.2. The van der Waals surface area contributed by atoms with Gasteiger partial charge in [-0.2, -0.15) is 0 Å². The number of guanidine groups is 1. The normalized spacial score (nSPS) is 14.5. The highest BCUT2D eigenvalue weighted by Crippen LogP contribution is 2.12. The Labute approximate surface area is 176 Å². The van der Waals surface area contributed by atoms with Crippen LogP contribution in [0.2, 0.25) is 0 Å². The van der Waals surface area contributed by atoms with Gasteiger partial charge in [0.2, 0.25) is 0 Å².